The first-order valence-electron chi connectivity index (χ1n) is 8.87. The number of carbonyl (C=O) groups is 1. The van der Waals surface area contributed by atoms with Crippen LogP contribution >= 0.6 is 11.8 Å². The fourth-order valence-electron chi connectivity index (χ4n) is 3.14. The monoisotopic (exact) mass is 359 g/mol. The summed E-state index contributed by atoms with van der Waals surface area (Å²) in [4.78, 5) is 12.6. The van der Waals surface area contributed by atoms with Gasteiger partial charge >= 0.3 is 0 Å². The zero-order chi connectivity index (χ0) is 17.8. The molecular weight excluding hydrogens is 334 g/mol. The number of hydrogen-bond acceptors (Lipinski definition) is 5. The lowest BCUT2D eigenvalue weighted by Gasteiger charge is -2.30. The highest BCUT2D eigenvalue weighted by molar-refractivity contribution is 8.00. The van der Waals surface area contributed by atoms with Crippen LogP contribution in [0.25, 0.3) is 5.69 Å². The van der Waals surface area contributed by atoms with E-state index in [1.54, 1.807) is 4.68 Å². The maximum absolute atomic E-state index is 12.6. The molecule has 7 heteroatoms. The summed E-state index contributed by atoms with van der Waals surface area (Å²) < 4.78 is 1.68. The van der Waals surface area contributed by atoms with E-state index in [0.29, 0.717) is 11.1 Å². The van der Waals surface area contributed by atoms with Crippen LogP contribution in [0.1, 0.15) is 45.1 Å². The Bertz CT molecular complexity index is 715. The molecule has 0 bridgehead atoms. The molecule has 1 amide bonds. The highest BCUT2D eigenvalue weighted by atomic mass is 32.2. The molecule has 134 valence electrons. The van der Waals surface area contributed by atoms with Crippen molar-refractivity contribution in [1.29, 1.82) is 0 Å². The molecule has 1 fully saturated rings. The predicted molar refractivity (Wildman–Crippen MR) is 98.8 cm³/mol. The predicted octanol–water partition coefficient (Wildman–Crippen LogP) is 3.15. The van der Waals surface area contributed by atoms with Crippen LogP contribution < -0.4 is 5.32 Å². The SMILES string of the molecule is Cc1ccc(-n2nnnc2S[C@@H](C)C(=O)N[C@@H]2CCCC[C@@H]2C)cc1. The third-order valence-electron chi connectivity index (χ3n) is 4.81. The molecule has 25 heavy (non-hydrogen) atoms. The van der Waals surface area contributed by atoms with Gasteiger partial charge in [0.05, 0.1) is 10.9 Å². The summed E-state index contributed by atoms with van der Waals surface area (Å²) in [7, 11) is 0. The molecule has 0 unspecified atom stereocenters. The maximum atomic E-state index is 12.6. The third kappa shape index (κ3) is 4.39. The Morgan fingerprint density at radius 3 is 2.72 bits per heavy atom. The molecule has 1 saturated carbocycles. The molecule has 1 aliphatic carbocycles. The molecule has 0 aliphatic heterocycles. The Morgan fingerprint density at radius 1 is 1.28 bits per heavy atom. The van der Waals surface area contributed by atoms with Crippen LogP contribution in [0, 0.1) is 12.8 Å². The average Bonchev–Trinajstić information content (AvgIpc) is 3.05. The van der Waals surface area contributed by atoms with Gasteiger partial charge in [0.1, 0.15) is 0 Å². The second-order valence-corrected chi connectivity index (χ2v) is 8.15. The molecule has 6 nitrogen and oxygen atoms in total. The standard InChI is InChI=1S/C18H25N5OS/c1-12-8-10-15(11-9-12)23-18(20-21-22-23)25-14(3)17(24)19-16-7-5-4-6-13(16)2/h8-11,13-14,16H,4-7H2,1-3H3,(H,19,24)/t13-,14-,16+/m0/s1. The number of nitrogens with zero attached hydrogens (tertiary/aromatic N) is 4. The fraction of sp³-hybridized carbons (Fsp3) is 0.556. The van der Waals surface area contributed by atoms with Gasteiger partial charge in [-0.1, -0.05) is 49.2 Å². The number of carbonyl (C=O) groups excluding carboxylic acids is 1. The van der Waals surface area contributed by atoms with E-state index in [-0.39, 0.29) is 17.2 Å². The normalized spacial score (nSPS) is 21.7. The van der Waals surface area contributed by atoms with E-state index < -0.39 is 0 Å². The van der Waals surface area contributed by atoms with Gasteiger partial charge < -0.3 is 5.32 Å². The van der Waals surface area contributed by atoms with Crippen molar-refractivity contribution in [2.24, 2.45) is 5.92 Å². The second-order valence-electron chi connectivity index (χ2n) is 6.85. The van der Waals surface area contributed by atoms with Crippen LogP contribution in [0.3, 0.4) is 0 Å². The van der Waals surface area contributed by atoms with Crippen molar-refractivity contribution in [2.75, 3.05) is 0 Å². The highest BCUT2D eigenvalue weighted by Gasteiger charge is 2.26. The molecule has 2 aromatic rings. The molecule has 1 N–H and O–H groups in total. The van der Waals surface area contributed by atoms with E-state index in [9.17, 15) is 4.79 Å². The smallest absolute Gasteiger partial charge is 0.233 e. The summed E-state index contributed by atoms with van der Waals surface area (Å²) in [5, 5.41) is 15.5. The second kappa shape index (κ2) is 7.99. The summed E-state index contributed by atoms with van der Waals surface area (Å²) in [6.45, 7) is 6.17. The van der Waals surface area contributed by atoms with Gasteiger partial charge in [-0.2, -0.15) is 4.68 Å². The van der Waals surface area contributed by atoms with E-state index in [1.165, 1.54) is 36.6 Å². The van der Waals surface area contributed by atoms with Gasteiger partial charge in [0.15, 0.2) is 0 Å². The van der Waals surface area contributed by atoms with Gasteiger partial charge in [0.25, 0.3) is 0 Å². The molecule has 1 heterocycles. The van der Waals surface area contributed by atoms with Crippen molar-refractivity contribution in [3.63, 3.8) is 0 Å². The van der Waals surface area contributed by atoms with Crippen molar-refractivity contribution >= 4 is 17.7 Å². The molecule has 0 spiro atoms. The van der Waals surface area contributed by atoms with Gasteiger partial charge in [-0.05, 0) is 55.2 Å². The molecule has 1 aromatic carbocycles. The molecule has 1 aromatic heterocycles. The summed E-state index contributed by atoms with van der Waals surface area (Å²) in [5.41, 5.74) is 2.08. The summed E-state index contributed by atoms with van der Waals surface area (Å²) >= 11 is 1.39. The van der Waals surface area contributed by atoms with E-state index in [1.807, 2.05) is 38.1 Å². The fourth-order valence-corrected chi connectivity index (χ4v) is 3.96. The molecule has 0 saturated heterocycles. The minimum absolute atomic E-state index is 0.0576. The van der Waals surface area contributed by atoms with E-state index in [2.05, 4.69) is 27.8 Å². The lowest BCUT2D eigenvalue weighted by molar-refractivity contribution is -0.121. The Kier molecular flexibility index (Phi) is 5.73. The van der Waals surface area contributed by atoms with Gasteiger partial charge in [-0.3, -0.25) is 4.79 Å². The number of thioether (sulfide) groups is 1. The van der Waals surface area contributed by atoms with Gasteiger partial charge in [-0.25, -0.2) is 0 Å². The molecule has 1 aliphatic rings. The topological polar surface area (TPSA) is 72.7 Å². The quantitative estimate of drug-likeness (QED) is 0.830. The van der Waals surface area contributed by atoms with E-state index in [0.717, 1.165) is 12.1 Å². The first-order valence-corrected chi connectivity index (χ1v) is 9.75. The number of aromatic nitrogens is 4. The number of amides is 1. The van der Waals surface area contributed by atoms with Gasteiger partial charge in [0, 0.05) is 6.04 Å². The number of benzene rings is 1. The lowest BCUT2D eigenvalue weighted by atomic mass is 9.86. The Balaban J connectivity index is 1.65. The van der Waals surface area contributed by atoms with Crippen molar-refractivity contribution in [1.82, 2.24) is 25.5 Å². The Morgan fingerprint density at radius 2 is 2.00 bits per heavy atom. The molecule has 3 atom stereocenters. The number of rotatable bonds is 5. The summed E-state index contributed by atoms with van der Waals surface area (Å²) in [5.74, 6) is 0.606. The number of aryl methyl sites for hydroxylation is 1. The van der Waals surface area contributed by atoms with Crippen LogP contribution in [0.15, 0.2) is 29.4 Å². The number of hydrogen-bond donors (Lipinski definition) is 1. The minimum atomic E-state index is -0.246. The summed E-state index contributed by atoms with van der Waals surface area (Å²) in [6.07, 6.45) is 4.73. The first-order chi connectivity index (χ1) is 12.0. The third-order valence-corrected chi connectivity index (χ3v) is 5.84. The van der Waals surface area contributed by atoms with Crippen molar-refractivity contribution in [2.45, 2.75) is 62.9 Å². The van der Waals surface area contributed by atoms with Crippen molar-refractivity contribution in [3.8, 4) is 5.69 Å². The Hall–Kier alpha value is -1.89. The number of nitrogens with one attached hydrogen (secondary N) is 1. The van der Waals surface area contributed by atoms with Gasteiger partial charge in [0.2, 0.25) is 11.1 Å². The van der Waals surface area contributed by atoms with Crippen LogP contribution in [-0.2, 0) is 4.79 Å². The highest BCUT2D eigenvalue weighted by Crippen LogP contribution is 2.26. The molecule has 0 radical (unpaired) electrons. The van der Waals surface area contributed by atoms with Gasteiger partial charge in [-0.15, -0.1) is 5.10 Å². The van der Waals surface area contributed by atoms with E-state index in [4.69, 9.17) is 0 Å². The molecule has 3 rings (SSSR count). The zero-order valence-electron chi connectivity index (χ0n) is 15.0. The van der Waals surface area contributed by atoms with Crippen molar-refractivity contribution in [3.05, 3.63) is 29.8 Å². The maximum Gasteiger partial charge on any atom is 0.233 e. The first kappa shape index (κ1) is 17.9. The van der Waals surface area contributed by atoms with Crippen LogP contribution in [0.2, 0.25) is 0 Å². The minimum Gasteiger partial charge on any atom is -0.352 e. The van der Waals surface area contributed by atoms with Crippen molar-refractivity contribution < 1.29 is 4.79 Å². The average molecular weight is 359 g/mol. The summed E-state index contributed by atoms with van der Waals surface area (Å²) in [6, 6.07) is 8.28. The van der Waals surface area contributed by atoms with Crippen LogP contribution in [0.5, 0.6) is 0 Å². The van der Waals surface area contributed by atoms with Crippen LogP contribution in [-0.4, -0.2) is 37.4 Å². The molecular formula is C18H25N5OS. The Labute approximate surface area is 152 Å². The number of tetrazole rings is 1. The lowest BCUT2D eigenvalue weighted by Crippen LogP contribution is -2.44. The van der Waals surface area contributed by atoms with Crippen LogP contribution in [0.4, 0.5) is 0 Å². The van der Waals surface area contributed by atoms with E-state index >= 15 is 0 Å². The largest absolute Gasteiger partial charge is 0.352 e. The zero-order valence-corrected chi connectivity index (χ0v) is 15.8.